The summed E-state index contributed by atoms with van der Waals surface area (Å²) in [5.74, 6) is -0.330. The molecule has 2 rings (SSSR count). The Balaban J connectivity index is 2.02. The number of aryl methyl sites for hydroxylation is 2. The quantitative estimate of drug-likeness (QED) is 0.879. The van der Waals surface area contributed by atoms with Crippen molar-refractivity contribution in [3.8, 4) is 0 Å². The maximum absolute atomic E-state index is 13.1. The van der Waals surface area contributed by atoms with Gasteiger partial charge in [0.25, 0.3) is 0 Å². The lowest BCUT2D eigenvalue weighted by molar-refractivity contribution is 0.191. The van der Waals surface area contributed by atoms with Crippen molar-refractivity contribution in [3.05, 3.63) is 65.0 Å². The van der Waals surface area contributed by atoms with Gasteiger partial charge in [-0.3, -0.25) is 0 Å². The van der Waals surface area contributed by atoms with Crippen LogP contribution in [-0.4, -0.2) is 11.7 Å². The van der Waals surface area contributed by atoms with Crippen LogP contribution in [0.15, 0.2) is 42.5 Å². The van der Waals surface area contributed by atoms with Gasteiger partial charge in [0.05, 0.1) is 6.10 Å². The SMILES string of the molecule is Cc1ccc(NCC(O)c2cccc(F)c2)c(C)c1. The van der Waals surface area contributed by atoms with Gasteiger partial charge in [0.1, 0.15) is 5.82 Å². The van der Waals surface area contributed by atoms with Gasteiger partial charge in [-0.05, 0) is 43.2 Å². The van der Waals surface area contributed by atoms with Crippen LogP contribution in [0, 0.1) is 19.7 Å². The Morgan fingerprint density at radius 3 is 2.63 bits per heavy atom. The van der Waals surface area contributed by atoms with E-state index in [9.17, 15) is 9.50 Å². The zero-order valence-electron chi connectivity index (χ0n) is 11.2. The largest absolute Gasteiger partial charge is 0.387 e. The molecule has 0 aromatic heterocycles. The Bertz CT molecular complexity index is 568. The lowest BCUT2D eigenvalue weighted by atomic mass is 10.1. The van der Waals surface area contributed by atoms with Gasteiger partial charge >= 0.3 is 0 Å². The third kappa shape index (κ3) is 3.55. The second-order valence-corrected chi connectivity index (χ2v) is 4.77. The summed E-state index contributed by atoms with van der Waals surface area (Å²) >= 11 is 0. The van der Waals surface area contributed by atoms with Crippen molar-refractivity contribution in [2.45, 2.75) is 20.0 Å². The molecule has 2 N–H and O–H groups in total. The molecule has 0 amide bonds. The van der Waals surface area contributed by atoms with E-state index in [0.29, 0.717) is 12.1 Å². The molecule has 0 radical (unpaired) electrons. The van der Waals surface area contributed by atoms with E-state index in [0.717, 1.165) is 11.3 Å². The van der Waals surface area contributed by atoms with Crippen LogP contribution in [-0.2, 0) is 0 Å². The van der Waals surface area contributed by atoms with Crippen molar-refractivity contribution < 1.29 is 9.50 Å². The fraction of sp³-hybridized carbons (Fsp3) is 0.250. The molecule has 2 aromatic rings. The number of anilines is 1. The Morgan fingerprint density at radius 1 is 1.16 bits per heavy atom. The first-order chi connectivity index (χ1) is 9.06. The highest BCUT2D eigenvalue weighted by molar-refractivity contribution is 5.52. The number of benzene rings is 2. The van der Waals surface area contributed by atoms with Crippen molar-refractivity contribution in [1.29, 1.82) is 0 Å². The van der Waals surface area contributed by atoms with Gasteiger partial charge in [-0.15, -0.1) is 0 Å². The summed E-state index contributed by atoms with van der Waals surface area (Å²) in [7, 11) is 0. The summed E-state index contributed by atoms with van der Waals surface area (Å²) in [6.07, 6.45) is -0.726. The highest BCUT2D eigenvalue weighted by Crippen LogP contribution is 2.19. The topological polar surface area (TPSA) is 32.3 Å². The maximum atomic E-state index is 13.1. The second-order valence-electron chi connectivity index (χ2n) is 4.77. The third-order valence-corrected chi connectivity index (χ3v) is 3.10. The van der Waals surface area contributed by atoms with Crippen LogP contribution in [0.4, 0.5) is 10.1 Å². The number of rotatable bonds is 4. The highest BCUT2D eigenvalue weighted by atomic mass is 19.1. The first-order valence-corrected chi connectivity index (χ1v) is 6.31. The first kappa shape index (κ1) is 13.6. The predicted octanol–water partition coefficient (Wildman–Crippen LogP) is 3.59. The molecule has 0 fully saturated rings. The summed E-state index contributed by atoms with van der Waals surface area (Å²) in [5, 5.41) is 13.2. The zero-order chi connectivity index (χ0) is 13.8. The zero-order valence-corrected chi connectivity index (χ0v) is 11.2. The smallest absolute Gasteiger partial charge is 0.123 e. The number of nitrogens with one attached hydrogen (secondary N) is 1. The van der Waals surface area contributed by atoms with Crippen molar-refractivity contribution in [1.82, 2.24) is 0 Å². The molecule has 0 spiro atoms. The number of hydrogen-bond donors (Lipinski definition) is 2. The van der Waals surface area contributed by atoms with Gasteiger partial charge in [-0.1, -0.05) is 29.8 Å². The highest BCUT2D eigenvalue weighted by Gasteiger charge is 2.08. The fourth-order valence-electron chi connectivity index (χ4n) is 2.05. The number of halogens is 1. The van der Waals surface area contributed by atoms with Gasteiger partial charge in [-0.25, -0.2) is 4.39 Å². The molecule has 0 saturated carbocycles. The molecule has 2 aromatic carbocycles. The van der Waals surface area contributed by atoms with Crippen molar-refractivity contribution >= 4 is 5.69 Å². The molecule has 19 heavy (non-hydrogen) atoms. The summed E-state index contributed by atoms with van der Waals surface area (Å²) in [5.41, 5.74) is 3.90. The Hall–Kier alpha value is -1.87. The summed E-state index contributed by atoms with van der Waals surface area (Å²) in [6, 6.07) is 12.1. The summed E-state index contributed by atoms with van der Waals surface area (Å²) in [4.78, 5) is 0. The van der Waals surface area contributed by atoms with Gasteiger partial charge in [0.15, 0.2) is 0 Å². The van der Waals surface area contributed by atoms with Crippen molar-refractivity contribution in [2.75, 3.05) is 11.9 Å². The predicted molar refractivity (Wildman–Crippen MR) is 75.8 cm³/mol. The summed E-state index contributed by atoms with van der Waals surface area (Å²) < 4.78 is 13.1. The molecule has 100 valence electrons. The number of hydrogen-bond acceptors (Lipinski definition) is 2. The van der Waals surface area contributed by atoms with E-state index in [4.69, 9.17) is 0 Å². The van der Waals surface area contributed by atoms with Crippen LogP contribution < -0.4 is 5.32 Å². The monoisotopic (exact) mass is 259 g/mol. The van der Waals surface area contributed by atoms with Crippen molar-refractivity contribution in [3.63, 3.8) is 0 Å². The minimum absolute atomic E-state index is 0.330. The maximum Gasteiger partial charge on any atom is 0.123 e. The first-order valence-electron chi connectivity index (χ1n) is 6.31. The summed E-state index contributed by atoms with van der Waals surface area (Å²) in [6.45, 7) is 4.41. The van der Waals surface area contributed by atoms with Crippen LogP contribution in [0.2, 0.25) is 0 Å². The number of aliphatic hydroxyl groups excluding tert-OH is 1. The van der Waals surface area contributed by atoms with E-state index in [1.807, 2.05) is 26.0 Å². The molecule has 3 heteroatoms. The Morgan fingerprint density at radius 2 is 1.95 bits per heavy atom. The molecule has 0 aliphatic heterocycles. The van der Waals surface area contributed by atoms with Crippen LogP contribution in [0.3, 0.4) is 0 Å². The fourth-order valence-corrected chi connectivity index (χ4v) is 2.05. The van der Waals surface area contributed by atoms with E-state index in [2.05, 4.69) is 11.4 Å². The normalized spacial score (nSPS) is 12.2. The van der Waals surface area contributed by atoms with Gasteiger partial charge in [0.2, 0.25) is 0 Å². The number of aliphatic hydroxyl groups is 1. The molecule has 0 heterocycles. The lowest BCUT2D eigenvalue weighted by Gasteiger charge is -2.15. The van der Waals surface area contributed by atoms with Crippen LogP contribution in [0.25, 0.3) is 0 Å². The van der Waals surface area contributed by atoms with E-state index in [-0.39, 0.29) is 5.82 Å². The van der Waals surface area contributed by atoms with Gasteiger partial charge in [0, 0.05) is 12.2 Å². The molecule has 0 aliphatic rings. The van der Waals surface area contributed by atoms with Gasteiger partial charge < -0.3 is 10.4 Å². The standard InChI is InChI=1S/C16H18FNO/c1-11-6-7-15(12(2)8-11)18-10-16(19)13-4-3-5-14(17)9-13/h3-9,16,18-19H,10H2,1-2H3. The van der Waals surface area contributed by atoms with Gasteiger partial charge in [-0.2, -0.15) is 0 Å². The van der Waals surface area contributed by atoms with E-state index in [1.165, 1.54) is 17.7 Å². The van der Waals surface area contributed by atoms with Crippen LogP contribution in [0.1, 0.15) is 22.8 Å². The second kappa shape index (κ2) is 5.85. The molecule has 1 atom stereocenters. The Kier molecular flexibility index (Phi) is 4.17. The van der Waals surface area contributed by atoms with Crippen LogP contribution in [0.5, 0.6) is 0 Å². The average Bonchev–Trinajstić information content (AvgIpc) is 2.37. The van der Waals surface area contributed by atoms with E-state index in [1.54, 1.807) is 12.1 Å². The van der Waals surface area contributed by atoms with Crippen LogP contribution >= 0.6 is 0 Å². The molecule has 0 saturated heterocycles. The minimum Gasteiger partial charge on any atom is -0.387 e. The van der Waals surface area contributed by atoms with Crippen molar-refractivity contribution in [2.24, 2.45) is 0 Å². The Labute approximate surface area is 112 Å². The molecule has 2 nitrogen and oxygen atoms in total. The average molecular weight is 259 g/mol. The van der Waals surface area contributed by atoms with E-state index >= 15 is 0 Å². The lowest BCUT2D eigenvalue weighted by Crippen LogP contribution is -2.13. The molecular formula is C16H18FNO. The molecule has 1 unspecified atom stereocenters. The molecule has 0 aliphatic carbocycles. The third-order valence-electron chi connectivity index (χ3n) is 3.10. The molecule has 0 bridgehead atoms. The molecular weight excluding hydrogens is 241 g/mol. The van der Waals surface area contributed by atoms with E-state index < -0.39 is 6.10 Å². The minimum atomic E-state index is -0.726.